The standard InChI is InChI=1S/C14H14N2O3/c1-8(2)11-10-12(19-15-11)14(18)16(13(10)17)9-6-4-3-5-7-9/h3-8,10,12H,1-2H3/t10-,12+/m1/s1. The second-order valence-electron chi connectivity index (χ2n) is 5.02. The van der Waals surface area contributed by atoms with Gasteiger partial charge in [0.1, 0.15) is 5.92 Å². The molecule has 1 aromatic rings. The first-order chi connectivity index (χ1) is 9.11. The monoisotopic (exact) mass is 258 g/mol. The van der Waals surface area contributed by atoms with Gasteiger partial charge in [-0.3, -0.25) is 9.59 Å². The quantitative estimate of drug-likeness (QED) is 0.757. The maximum Gasteiger partial charge on any atom is 0.278 e. The molecule has 0 saturated carbocycles. The third-order valence-corrected chi connectivity index (χ3v) is 3.45. The van der Waals surface area contributed by atoms with Crippen molar-refractivity contribution >= 4 is 23.2 Å². The van der Waals surface area contributed by atoms with Crippen LogP contribution in [0.25, 0.3) is 0 Å². The molecule has 0 unspecified atom stereocenters. The number of nitrogens with zero attached hydrogens (tertiary/aromatic N) is 2. The highest BCUT2D eigenvalue weighted by molar-refractivity contribution is 6.30. The maximum absolute atomic E-state index is 12.5. The summed E-state index contributed by atoms with van der Waals surface area (Å²) in [5, 5.41) is 3.90. The fourth-order valence-electron chi connectivity index (χ4n) is 2.51. The first-order valence-corrected chi connectivity index (χ1v) is 6.27. The third-order valence-electron chi connectivity index (χ3n) is 3.45. The summed E-state index contributed by atoms with van der Waals surface area (Å²) in [5.74, 6) is -1.05. The highest BCUT2D eigenvalue weighted by Gasteiger charge is 2.56. The number of amides is 2. The first-order valence-electron chi connectivity index (χ1n) is 6.27. The van der Waals surface area contributed by atoms with Crippen LogP contribution in [0.2, 0.25) is 0 Å². The zero-order chi connectivity index (χ0) is 13.6. The number of para-hydroxylation sites is 1. The second-order valence-corrected chi connectivity index (χ2v) is 5.02. The number of rotatable bonds is 2. The Labute approximate surface area is 110 Å². The van der Waals surface area contributed by atoms with Gasteiger partial charge >= 0.3 is 0 Å². The second kappa shape index (κ2) is 4.19. The number of hydrogen-bond acceptors (Lipinski definition) is 4. The predicted molar refractivity (Wildman–Crippen MR) is 69.6 cm³/mol. The molecule has 1 saturated heterocycles. The molecule has 2 heterocycles. The first kappa shape index (κ1) is 11.9. The molecule has 2 amide bonds. The number of fused-ring (bicyclic) bond motifs is 1. The van der Waals surface area contributed by atoms with Crippen LogP contribution in [0.15, 0.2) is 35.5 Å². The molecule has 98 valence electrons. The van der Waals surface area contributed by atoms with E-state index in [4.69, 9.17) is 4.84 Å². The Morgan fingerprint density at radius 1 is 1.16 bits per heavy atom. The van der Waals surface area contributed by atoms with E-state index in [1.54, 1.807) is 24.3 Å². The van der Waals surface area contributed by atoms with Crippen molar-refractivity contribution in [2.24, 2.45) is 17.0 Å². The summed E-state index contributed by atoms with van der Waals surface area (Å²) in [4.78, 5) is 31.1. The van der Waals surface area contributed by atoms with Gasteiger partial charge in [-0.05, 0) is 18.1 Å². The van der Waals surface area contributed by atoms with E-state index in [-0.39, 0.29) is 17.7 Å². The van der Waals surface area contributed by atoms with Gasteiger partial charge in [0.2, 0.25) is 12.0 Å². The number of anilines is 1. The number of imide groups is 1. The minimum absolute atomic E-state index is 0.0856. The topological polar surface area (TPSA) is 59.0 Å². The Morgan fingerprint density at radius 2 is 1.84 bits per heavy atom. The highest BCUT2D eigenvalue weighted by atomic mass is 16.6. The van der Waals surface area contributed by atoms with E-state index >= 15 is 0 Å². The molecule has 0 spiro atoms. The average molecular weight is 258 g/mol. The Morgan fingerprint density at radius 3 is 2.47 bits per heavy atom. The van der Waals surface area contributed by atoms with Crippen molar-refractivity contribution in [3.05, 3.63) is 30.3 Å². The van der Waals surface area contributed by atoms with Gasteiger partial charge in [0.25, 0.3) is 5.91 Å². The van der Waals surface area contributed by atoms with Crippen molar-refractivity contribution in [2.75, 3.05) is 4.90 Å². The van der Waals surface area contributed by atoms with Crippen molar-refractivity contribution in [1.29, 1.82) is 0 Å². The number of carbonyl (C=O) groups is 2. The smallest absolute Gasteiger partial charge is 0.278 e. The van der Waals surface area contributed by atoms with Gasteiger partial charge in [-0.1, -0.05) is 37.2 Å². The van der Waals surface area contributed by atoms with Crippen molar-refractivity contribution in [2.45, 2.75) is 20.0 Å². The molecule has 5 heteroatoms. The van der Waals surface area contributed by atoms with Gasteiger partial charge in [-0.15, -0.1) is 0 Å². The van der Waals surface area contributed by atoms with E-state index in [0.717, 1.165) is 0 Å². The SMILES string of the molecule is CC(C)C1=NO[C@@H]2C(=O)N(c3ccccc3)C(=O)[C@H]12. The molecule has 0 N–H and O–H groups in total. The lowest BCUT2D eigenvalue weighted by atomic mass is 9.92. The fraction of sp³-hybridized carbons (Fsp3) is 0.357. The van der Waals surface area contributed by atoms with Crippen LogP contribution in [-0.4, -0.2) is 23.6 Å². The molecule has 0 aromatic heterocycles. The molecule has 19 heavy (non-hydrogen) atoms. The van der Waals surface area contributed by atoms with Gasteiger partial charge < -0.3 is 4.84 Å². The molecule has 1 aromatic carbocycles. The summed E-state index contributed by atoms with van der Waals surface area (Å²) >= 11 is 0. The van der Waals surface area contributed by atoms with Gasteiger partial charge in [-0.2, -0.15) is 0 Å². The Hall–Kier alpha value is -2.17. The van der Waals surface area contributed by atoms with E-state index in [2.05, 4.69) is 5.16 Å². The number of carbonyl (C=O) groups excluding carboxylic acids is 2. The summed E-state index contributed by atoms with van der Waals surface area (Å²) in [6.07, 6.45) is -0.787. The largest absolute Gasteiger partial charge is 0.381 e. The van der Waals surface area contributed by atoms with Crippen molar-refractivity contribution < 1.29 is 14.4 Å². The molecule has 3 rings (SSSR count). The van der Waals surface area contributed by atoms with Crippen molar-refractivity contribution in [1.82, 2.24) is 0 Å². The summed E-state index contributed by atoms with van der Waals surface area (Å²) in [5.41, 5.74) is 1.24. The Kier molecular flexibility index (Phi) is 2.62. The van der Waals surface area contributed by atoms with Gasteiger partial charge in [-0.25, -0.2) is 4.90 Å². The molecule has 2 aliphatic rings. The summed E-state index contributed by atoms with van der Waals surface area (Å²) in [7, 11) is 0. The molecule has 0 radical (unpaired) electrons. The Bertz CT molecular complexity index is 565. The average Bonchev–Trinajstić information content (AvgIpc) is 2.93. The van der Waals surface area contributed by atoms with Crippen LogP contribution in [0.4, 0.5) is 5.69 Å². The van der Waals surface area contributed by atoms with Crippen LogP contribution in [0, 0.1) is 11.8 Å². The molecule has 2 atom stereocenters. The van der Waals surface area contributed by atoms with Crippen LogP contribution in [-0.2, 0) is 14.4 Å². The Balaban J connectivity index is 1.98. The fourth-order valence-corrected chi connectivity index (χ4v) is 2.51. The number of oxime groups is 1. The molecular weight excluding hydrogens is 244 g/mol. The van der Waals surface area contributed by atoms with Crippen molar-refractivity contribution in [3.63, 3.8) is 0 Å². The maximum atomic E-state index is 12.5. The van der Waals surface area contributed by atoms with Crippen LogP contribution in [0.3, 0.4) is 0 Å². The lowest BCUT2D eigenvalue weighted by molar-refractivity contribution is -0.126. The zero-order valence-corrected chi connectivity index (χ0v) is 10.7. The minimum Gasteiger partial charge on any atom is -0.381 e. The van der Waals surface area contributed by atoms with Crippen LogP contribution >= 0.6 is 0 Å². The van der Waals surface area contributed by atoms with Crippen LogP contribution in [0.5, 0.6) is 0 Å². The third kappa shape index (κ3) is 1.65. The lowest BCUT2D eigenvalue weighted by Crippen LogP contribution is -2.33. The molecule has 0 bridgehead atoms. The number of hydrogen-bond donors (Lipinski definition) is 0. The van der Waals surface area contributed by atoms with E-state index in [1.165, 1.54) is 4.90 Å². The summed E-state index contributed by atoms with van der Waals surface area (Å²) in [6, 6.07) is 8.91. The molecule has 0 aliphatic carbocycles. The van der Waals surface area contributed by atoms with E-state index < -0.39 is 12.0 Å². The predicted octanol–water partition coefficient (Wildman–Crippen LogP) is 1.59. The molecule has 5 nitrogen and oxygen atoms in total. The molecule has 2 aliphatic heterocycles. The molecule has 1 fully saturated rings. The van der Waals surface area contributed by atoms with Crippen LogP contribution < -0.4 is 4.90 Å². The van der Waals surface area contributed by atoms with E-state index in [9.17, 15) is 9.59 Å². The molecular formula is C14H14N2O3. The van der Waals surface area contributed by atoms with Gasteiger partial charge in [0, 0.05) is 0 Å². The van der Waals surface area contributed by atoms with Crippen LogP contribution in [0.1, 0.15) is 13.8 Å². The van der Waals surface area contributed by atoms with E-state index in [1.807, 2.05) is 19.9 Å². The minimum atomic E-state index is -0.787. The summed E-state index contributed by atoms with van der Waals surface area (Å²) in [6.45, 7) is 3.88. The zero-order valence-electron chi connectivity index (χ0n) is 10.7. The van der Waals surface area contributed by atoms with Crippen molar-refractivity contribution in [3.8, 4) is 0 Å². The van der Waals surface area contributed by atoms with Gasteiger partial charge in [0.05, 0.1) is 11.4 Å². The number of benzene rings is 1. The highest BCUT2D eigenvalue weighted by Crippen LogP contribution is 2.34. The van der Waals surface area contributed by atoms with E-state index in [0.29, 0.717) is 11.4 Å². The lowest BCUT2D eigenvalue weighted by Gasteiger charge is -2.15. The summed E-state index contributed by atoms with van der Waals surface area (Å²) < 4.78 is 0. The van der Waals surface area contributed by atoms with Gasteiger partial charge in [0.15, 0.2) is 0 Å². The normalized spacial score (nSPS) is 25.6.